The maximum atomic E-state index is 10.6. The highest BCUT2D eigenvalue weighted by molar-refractivity contribution is 5.82. The van der Waals surface area contributed by atoms with Crippen LogP contribution >= 0.6 is 0 Å². The van der Waals surface area contributed by atoms with Crippen molar-refractivity contribution in [3.8, 4) is 45.7 Å². The number of rotatable bonds is 21. The largest absolute Gasteiger partial charge is 0.466 e. The molecule has 0 unspecified atom stereocenters. The number of hydrogen-bond donors (Lipinski definition) is 0. The summed E-state index contributed by atoms with van der Waals surface area (Å²) in [6.07, 6.45) is 7.14. The normalized spacial score (nSPS) is 9.84. The highest BCUT2D eigenvalue weighted by Gasteiger charge is 2.15. The van der Waals surface area contributed by atoms with Crippen molar-refractivity contribution in [1.29, 1.82) is 0 Å². The summed E-state index contributed by atoms with van der Waals surface area (Å²) in [5.41, 5.74) is 5.69. The third-order valence-electron chi connectivity index (χ3n) is 8.32. The van der Waals surface area contributed by atoms with E-state index in [9.17, 15) is 28.8 Å². The Morgan fingerprint density at radius 2 is 0.779 bits per heavy atom. The molecule has 0 spiro atoms. The minimum atomic E-state index is -0.517. The predicted octanol–water partition coefficient (Wildman–Crippen LogP) is 8.52. The van der Waals surface area contributed by atoms with Crippen molar-refractivity contribution < 1.29 is 66.2 Å². The lowest BCUT2D eigenvalue weighted by atomic mass is 10.1. The van der Waals surface area contributed by atoms with Crippen LogP contribution in [0.3, 0.4) is 0 Å². The molecule has 0 saturated heterocycles. The fourth-order valence-corrected chi connectivity index (χ4v) is 5.14. The van der Waals surface area contributed by atoms with Gasteiger partial charge < -0.3 is 37.5 Å². The first-order chi connectivity index (χ1) is 32.6. The van der Waals surface area contributed by atoms with E-state index in [2.05, 4.69) is 54.2 Å². The monoisotopic (exact) mass is 938 g/mol. The van der Waals surface area contributed by atoms with Crippen LogP contribution in [0, 0.1) is 13.8 Å². The first kappa shape index (κ1) is 56.1. The molecular weight excluding hydrogens is 881 g/mol. The molecule has 68 heavy (non-hydrogen) atoms. The Labute approximate surface area is 395 Å². The van der Waals surface area contributed by atoms with Crippen LogP contribution in [0.5, 0.6) is 0 Å². The van der Waals surface area contributed by atoms with Gasteiger partial charge in [0, 0.05) is 61.3 Å². The number of carbonyl (C=O) groups excluding carboxylic acids is 6. The van der Waals surface area contributed by atoms with Gasteiger partial charge in [-0.1, -0.05) is 83.6 Å². The summed E-state index contributed by atoms with van der Waals surface area (Å²) in [4.78, 5) is 71.4. The number of unbranched alkanes of at least 4 members (excludes halogenated alkanes) is 3. The average molecular weight is 939 g/mol. The highest BCUT2D eigenvalue weighted by atomic mass is 16.6. The quantitative estimate of drug-likeness (QED) is 0.0290. The number of aromatic nitrogens is 4. The van der Waals surface area contributed by atoms with Crippen molar-refractivity contribution in [1.82, 2.24) is 20.3 Å². The van der Waals surface area contributed by atoms with Gasteiger partial charge in [0.25, 0.3) is 11.8 Å². The molecule has 18 heteroatoms. The molecule has 0 radical (unpaired) electrons. The second kappa shape index (κ2) is 32.6. The van der Waals surface area contributed by atoms with Gasteiger partial charge >= 0.3 is 35.8 Å². The molecule has 362 valence electrons. The number of hydrogen-bond acceptors (Lipinski definition) is 18. The van der Waals surface area contributed by atoms with Gasteiger partial charge in [0.1, 0.15) is 13.2 Å². The van der Waals surface area contributed by atoms with Gasteiger partial charge in [-0.05, 0) is 76.3 Å². The van der Waals surface area contributed by atoms with E-state index in [1.165, 1.54) is 20.8 Å². The lowest BCUT2D eigenvalue weighted by Gasteiger charge is -2.02. The van der Waals surface area contributed by atoms with Crippen molar-refractivity contribution in [2.75, 3.05) is 39.6 Å². The molecule has 5 rings (SSSR count). The molecule has 0 saturated carbocycles. The second-order valence-electron chi connectivity index (χ2n) is 14.1. The fraction of sp³-hybridized carbons (Fsp3) is 0.320. The van der Waals surface area contributed by atoms with E-state index in [-0.39, 0.29) is 31.1 Å². The number of carbonyl (C=O) groups is 6. The SMILES string of the molecule is C=CC(=O)OCCCCCOC(C)=O.C=CC(=O)OCCCCOC(C)=O.C=CC(=O)OCCOC(C)=O.Cc1cccc(-c2noc(-c3cccc(-c4nc(-c5cccc(C)c5)no4)c3)n2)c1. The predicted molar refractivity (Wildman–Crippen MR) is 250 cm³/mol. The molecule has 2 heterocycles. The van der Waals surface area contributed by atoms with Crippen LogP contribution in [0.15, 0.2) is 120 Å². The Kier molecular flexibility index (Phi) is 26.9. The molecular formula is C50H58N4O14. The standard InChI is InChI=1S/C24H18N4O2.C10H16O4.C9H14O4.C7H10O4/c1-15-6-3-8-17(12-15)21-25-23(29-27-21)19-10-5-11-20(14-19)24-26-22(28-30-24)18-9-4-7-16(2)13-18;1-3-10(12)14-8-6-4-5-7-13-9(2)11;1-3-9(11)13-7-5-4-6-12-8(2)10;1-3-7(9)11-5-4-10-6(2)8/h3-14H,1-2H3;3H,1,4-8H2,2H3;3H,1,4-7H2,2H3;3H,1,4-5H2,2H3. The van der Waals surface area contributed by atoms with Crippen LogP contribution in [0.1, 0.15) is 64.0 Å². The van der Waals surface area contributed by atoms with Gasteiger partial charge in [0.05, 0.1) is 26.4 Å². The Hall–Kier alpha value is -8.02. The lowest BCUT2D eigenvalue weighted by Crippen LogP contribution is -2.10. The molecule has 0 bridgehead atoms. The Morgan fingerprint density at radius 1 is 0.456 bits per heavy atom. The van der Waals surface area contributed by atoms with Gasteiger partial charge in [0.2, 0.25) is 11.6 Å². The van der Waals surface area contributed by atoms with E-state index >= 15 is 0 Å². The van der Waals surface area contributed by atoms with Crippen LogP contribution in [0.2, 0.25) is 0 Å². The molecule has 0 aliphatic carbocycles. The number of aryl methyl sites for hydroxylation is 2. The van der Waals surface area contributed by atoms with Gasteiger partial charge in [-0.3, -0.25) is 14.4 Å². The number of esters is 6. The molecule has 0 aliphatic heterocycles. The molecule has 0 amide bonds. The summed E-state index contributed by atoms with van der Waals surface area (Å²) in [5.74, 6) is -0.295. The first-order valence-corrected chi connectivity index (χ1v) is 21.4. The van der Waals surface area contributed by atoms with Crippen molar-refractivity contribution in [3.63, 3.8) is 0 Å². The maximum absolute atomic E-state index is 10.6. The fourth-order valence-electron chi connectivity index (χ4n) is 5.14. The van der Waals surface area contributed by atoms with Crippen LogP contribution < -0.4 is 0 Å². The number of nitrogens with zero attached hydrogens (tertiary/aromatic N) is 4. The first-order valence-electron chi connectivity index (χ1n) is 21.4. The third-order valence-corrected chi connectivity index (χ3v) is 8.32. The topological polar surface area (TPSA) is 236 Å². The summed E-state index contributed by atoms with van der Waals surface area (Å²) in [6.45, 7) is 19.5. The van der Waals surface area contributed by atoms with E-state index < -0.39 is 17.9 Å². The Morgan fingerprint density at radius 3 is 1.16 bits per heavy atom. The summed E-state index contributed by atoms with van der Waals surface area (Å²) in [6, 6.07) is 23.6. The zero-order chi connectivity index (χ0) is 50.1. The summed E-state index contributed by atoms with van der Waals surface area (Å²) >= 11 is 0. The molecule has 5 aromatic rings. The van der Waals surface area contributed by atoms with Crippen molar-refractivity contribution in [2.45, 2.75) is 66.7 Å². The highest BCUT2D eigenvalue weighted by Crippen LogP contribution is 2.28. The van der Waals surface area contributed by atoms with Crippen molar-refractivity contribution >= 4 is 35.8 Å². The van der Waals surface area contributed by atoms with Crippen molar-refractivity contribution in [2.24, 2.45) is 0 Å². The summed E-state index contributed by atoms with van der Waals surface area (Å²) < 4.78 is 38.8. The maximum Gasteiger partial charge on any atom is 0.330 e. The minimum Gasteiger partial charge on any atom is -0.466 e. The van der Waals surface area contributed by atoms with Gasteiger partial charge in [-0.25, -0.2) is 14.4 Å². The van der Waals surface area contributed by atoms with E-state index in [0.717, 1.165) is 70.9 Å². The van der Waals surface area contributed by atoms with Crippen molar-refractivity contribution in [3.05, 3.63) is 122 Å². The number of benzene rings is 3. The van der Waals surface area contributed by atoms with Crippen LogP contribution in [-0.2, 0) is 57.2 Å². The molecule has 2 aromatic heterocycles. The van der Waals surface area contributed by atoms with Crippen LogP contribution in [-0.4, -0.2) is 95.7 Å². The van der Waals surface area contributed by atoms with Gasteiger partial charge in [0.15, 0.2) is 0 Å². The van der Waals surface area contributed by atoms with E-state index in [0.29, 0.717) is 62.7 Å². The third kappa shape index (κ3) is 24.3. The molecule has 3 aromatic carbocycles. The van der Waals surface area contributed by atoms with E-state index in [4.69, 9.17) is 23.3 Å². The van der Waals surface area contributed by atoms with Crippen LogP contribution in [0.4, 0.5) is 0 Å². The zero-order valence-electron chi connectivity index (χ0n) is 39.1. The summed E-state index contributed by atoms with van der Waals surface area (Å²) in [7, 11) is 0. The van der Waals surface area contributed by atoms with Crippen LogP contribution in [0.25, 0.3) is 45.7 Å². The van der Waals surface area contributed by atoms with E-state index in [1.807, 2.05) is 86.6 Å². The summed E-state index contributed by atoms with van der Waals surface area (Å²) in [5, 5.41) is 8.24. The molecule has 0 atom stereocenters. The Balaban J connectivity index is 0.000000352. The second-order valence-corrected chi connectivity index (χ2v) is 14.1. The zero-order valence-corrected chi connectivity index (χ0v) is 39.1. The number of ether oxygens (including phenoxy) is 6. The molecule has 18 nitrogen and oxygen atoms in total. The van der Waals surface area contributed by atoms with Gasteiger partial charge in [-0.2, -0.15) is 9.97 Å². The molecule has 0 fully saturated rings. The lowest BCUT2D eigenvalue weighted by molar-refractivity contribution is -0.147. The smallest absolute Gasteiger partial charge is 0.330 e. The molecule has 0 N–H and O–H groups in total. The van der Waals surface area contributed by atoms with E-state index in [1.54, 1.807) is 0 Å². The minimum absolute atomic E-state index is 0.0738. The van der Waals surface area contributed by atoms with Gasteiger partial charge in [-0.15, -0.1) is 0 Å². The molecule has 0 aliphatic rings. The average Bonchev–Trinajstić information content (AvgIpc) is 4.04. The Bertz CT molecular complexity index is 2300.